The monoisotopic (exact) mass is 335 g/mol. The number of ether oxygens (including phenoxy) is 3. The van der Waals surface area contributed by atoms with Gasteiger partial charge in [-0.3, -0.25) is 4.90 Å². The predicted molar refractivity (Wildman–Crippen MR) is 92.8 cm³/mol. The van der Waals surface area contributed by atoms with Gasteiger partial charge in [-0.25, -0.2) is 0 Å². The Hall–Kier alpha value is -1.91. The SMILES string of the molecule is COc1ccc(OCCN(C)Cc2cc(Cl)ccc2OC)cc1. The Morgan fingerprint density at radius 1 is 0.957 bits per heavy atom. The molecule has 0 aliphatic carbocycles. The van der Waals surface area contributed by atoms with E-state index in [0.717, 1.165) is 35.9 Å². The minimum Gasteiger partial charge on any atom is -0.497 e. The van der Waals surface area contributed by atoms with E-state index in [9.17, 15) is 0 Å². The molecule has 0 spiro atoms. The number of hydrogen-bond acceptors (Lipinski definition) is 4. The number of methoxy groups -OCH3 is 2. The molecule has 0 amide bonds. The Labute approximate surface area is 142 Å². The van der Waals surface area contributed by atoms with Crippen molar-refractivity contribution in [2.75, 3.05) is 34.4 Å². The van der Waals surface area contributed by atoms with Crippen LogP contribution in [0, 0.1) is 0 Å². The zero-order valence-electron chi connectivity index (χ0n) is 13.7. The molecule has 0 saturated heterocycles. The van der Waals surface area contributed by atoms with Crippen molar-refractivity contribution in [1.29, 1.82) is 0 Å². The summed E-state index contributed by atoms with van der Waals surface area (Å²) >= 11 is 6.06. The quantitative estimate of drug-likeness (QED) is 0.732. The van der Waals surface area contributed by atoms with Crippen molar-refractivity contribution < 1.29 is 14.2 Å². The number of likely N-dealkylation sites (N-methyl/N-ethyl adjacent to an activating group) is 1. The first kappa shape index (κ1) is 17.4. The van der Waals surface area contributed by atoms with Gasteiger partial charge in [0, 0.05) is 23.7 Å². The lowest BCUT2D eigenvalue weighted by Gasteiger charge is -2.19. The Morgan fingerprint density at radius 2 is 1.65 bits per heavy atom. The molecule has 0 unspecified atom stereocenters. The topological polar surface area (TPSA) is 30.9 Å². The summed E-state index contributed by atoms with van der Waals surface area (Å²) in [6.07, 6.45) is 0. The van der Waals surface area contributed by atoms with E-state index in [4.69, 9.17) is 25.8 Å². The number of hydrogen-bond donors (Lipinski definition) is 0. The molecular formula is C18H22ClNO3. The minimum atomic E-state index is 0.603. The summed E-state index contributed by atoms with van der Waals surface area (Å²) in [7, 11) is 5.35. The van der Waals surface area contributed by atoms with Crippen LogP contribution in [0.2, 0.25) is 5.02 Å². The van der Waals surface area contributed by atoms with Crippen molar-refractivity contribution >= 4 is 11.6 Å². The van der Waals surface area contributed by atoms with Crippen molar-refractivity contribution in [2.24, 2.45) is 0 Å². The van der Waals surface area contributed by atoms with Crippen LogP contribution in [0.5, 0.6) is 17.2 Å². The second-order valence-corrected chi connectivity index (χ2v) is 5.65. The van der Waals surface area contributed by atoms with E-state index < -0.39 is 0 Å². The largest absolute Gasteiger partial charge is 0.497 e. The van der Waals surface area contributed by atoms with E-state index in [2.05, 4.69) is 4.90 Å². The maximum Gasteiger partial charge on any atom is 0.123 e. The molecule has 4 nitrogen and oxygen atoms in total. The van der Waals surface area contributed by atoms with E-state index in [0.29, 0.717) is 11.6 Å². The summed E-state index contributed by atoms with van der Waals surface area (Å²) in [5.41, 5.74) is 1.06. The fourth-order valence-electron chi connectivity index (χ4n) is 2.23. The van der Waals surface area contributed by atoms with Crippen molar-refractivity contribution in [2.45, 2.75) is 6.54 Å². The van der Waals surface area contributed by atoms with Crippen molar-refractivity contribution in [1.82, 2.24) is 4.90 Å². The van der Waals surface area contributed by atoms with Crippen molar-refractivity contribution in [3.63, 3.8) is 0 Å². The van der Waals surface area contributed by atoms with E-state index >= 15 is 0 Å². The predicted octanol–water partition coefficient (Wildman–Crippen LogP) is 3.87. The summed E-state index contributed by atoms with van der Waals surface area (Å²) in [4.78, 5) is 2.16. The Morgan fingerprint density at radius 3 is 2.30 bits per heavy atom. The van der Waals surface area contributed by atoms with Crippen LogP contribution in [0.15, 0.2) is 42.5 Å². The molecule has 0 N–H and O–H groups in total. The third-order valence-corrected chi connectivity index (χ3v) is 3.72. The van der Waals surface area contributed by atoms with Gasteiger partial charge in [0.25, 0.3) is 0 Å². The molecule has 0 saturated carbocycles. The smallest absolute Gasteiger partial charge is 0.123 e. The Kier molecular flexibility index (Phi) is 6.56. The summed E-state index contributed by atoms with van der Waals surface area (Å²) in [6, 6.07) is 13.2. The molecule has 0 heterocycles. The molecular weight excluding hydrogens is 314 g/mol. The Bertz CT molecular complexity index is 616. The van der Waals surface area contributed by atoms with Crippen LogP contribution in [0.25, 0.3) is 0 Å². The van der Waals surface area contributed by atoms with Crippen LogP contribution in [-0.4, -0.2) is 39.3 Å². The molecule has 2 aromatic rings. The molecule has 0 aliphatic rings. The first-order chi connectivity index (χ1) is 11.1. The van der Waals surface area contributed by atoms with Gasteiger partial charge < -0.3 is 14.2 Å². The highest BCUT2D eigenvalue weighted by atomic mass is 35.5. The van der Waals surface area contributed by atoms with E-state index in [-0.39, 0.29) is 0 Å². The van der Waals surface area contributed by atoms with Crippen LogP contribution < -0.4 is 14.2 Å². The highest BCUT2D eigenvalue weighted by Crippen LogP contribution is 2.23. The molecule has 2 aromatic carbocycles. The third kappa shape index (κ3) is 5.34. The number of nitrogens with zero attached hydrogens (tertiary/aromatic N) is 1. The molecule has 0 bridgehead atoms. The fraction of sp³-hybridized carbons (Fsp3) is 0.333. The van der Waals surface area contributed by atoms with Crippen LogP contribution in [-0.2, 0) is 6.54 Å². The lowest BCUT2D eigenvalue weighted by atomic mass is 10.2. The molecule has 0 atom stereocenters. The molecule has 0 aliphatic heterocycles. The fourth-order valence-corrected chi connectivity index (χ4v) is 2.43. The van der Waals surface area contributed by atoms with Crippen LogP contribution in [0.4, 0.5) is 0 Å². The van der Waals surface area contributed by atoms with E-state index in [1.54, 1.807) is 14.2 Å². The zero-order chi connectivity index (χ0) is 16.7. The molecule has 0 radical (unpaired) electrons. The summed E-state index contributed by atoms with van der Waals surface area (Å²) < 4.78 is 16.2. The van der Waals surface area contributed by atoms with Gasteiger partial charge >= 0.3 is 0 Å². The standard InChI is InChI=1S/C18H22ClNO3/c1-20(13-14-12-15(19)4-9-18(14)22-3)10-11-23-17-7-5-16(21-2)6-8-17/h4-9,12H,10-11,13H2,1-3H3. The van der Waals surface area contributed by atoms with Gasteiger partial charge in [0.05, 0.1) is 14.2 Å². The minimum absolute atomic E-state index is 0.603. The second kappa shape index (κ2) is 8.65. The molecule has 0 aromatic heterocycles. The average Bonchev–Trinajstić information content (AvgIpc) is 2.56. The number of benzene rings is 2. The lowest BCUT2D eigenvalue weighted by Crippen LogP contribution is -2.24. The van der Waals surface area contributed by atoms with Crippen LogP contribution in [0.1, 0.15) is 5.56 Å². The molecule has 23 heavy (non-hydrogen) atoms. The maximum atomic E-state index is 6.06. The first-order valence-electron chi connectivity index (χ1n) is 7.40. The van der Waals surface area contributed by atoms with Gasteiger partial charge in [0.15, 0.2) is 0 Å². The maximum absolute atomic E-state index is 6.06. The highest BCUT2D eigenvalue weighted by molar-refractivity contribution is 6.30. The molecule has 0 fully saturated rings. The third-order valence-electron chi connectivity index (χ3n) is 3.48. The Balaban J connectivity index is 1.82. The second-order valence-electron chi connectivity index (χ2n) is 5.22. The summed E-state index contributed by atoms with van der Waals surface area (Å²) in [6.45, 7) is 2.14. The summed E-state index contributed by atoms with van der Waals surface area (Å²) in [5.74, 6) is 2.50. The van der Waals surface area contributed by atoms with Gasteiger partial charge in [0.2, 0.25) is 0 Å². The molecule has 2 rings (SSSR count). The van der Waals surface area contributed by atoms with Gasteiger partial charge in [0.1, 0.15) is 23.9 Å². The first-order valence-corrected chi connectivity index (χ1v) is 7.78. The van der Waals surface area contributed by atoms with Gasteiger partial charge in [-0.2, -0.15) is 0 Å². The van der Waals surface area contributed by atoms with Gasteiger partial charge in [-0.15, -0.1) is 0 Å². The number of rotatable bonds is 8. The van der Waals surface area contributed by atoms with Crippen molar-refractivity contribution in [3.8, 4) is 17.2 Å². The van der Waals surface area contributed by atoms with Crippen LogP contribution >= 0.6 is 11.6 Å². The van der Waals surface area contributed by atoms with Crippen LogP contribution in [0.3, 0.4) is 0 Å². The normalized spacial score (nSPS) is 10.7. The van der Waals surface area contributed by atoms with E-state index in [1.807, 2.05) is 49.5 Å². The zero-order valence-corrected chi connectivity index (χ0v) is 14.5. The lowest BCUT2D eigenvalue weighted by molar-refractivity contribution is 0.231. The molecule has 5 heteroatoms. The molecule has 124 valence electrons. The number of halogens is 1. The average molecular weight is 336 g/mol. The van der Waals surface area contributed by atoms with E-state index in [1.165, 1.54) is 0 Å². The van der Waals surface area contributed by atoms with Crippen molar-refractivity contribution in [3.05, 3.63) is 53.1 Å². The summed E-state index contributed by atoms with van der Waals surface area (Å²) in [5, 5.41) is 0.712. The highest BCUT2D eigenvalue weighted by Gasteiger charge is 2.07. The van der Waals surface area contributed by atoms with Gasteiger partial charge in [-0.1, -0.05) is 11.6 Å². The van der Waals surface area contributed by atoms with Gasteiger partial charge in [-0.05, 0) is 49.5 Å².